The second-order valence-corrected chi connectivity index (χ2v) is 4.58. The molecule has 0 bridgehead atoms. The molecule has 0 unspecified atom stereocenters. The number of non-ortho nitro benzene ring substituents is 1. The summed E-state index contributed by atoms with van der Waals surface area (Å²) in [6, 6.07) is 5.68. The van der Waals surface area contributed by atoms with Crippen molar-refractivity contribution < 1.29 is 14.5 Å². The first-order valence-corrected chi connectivity index (χ1v) is 6.64. The number of aromatic nitrogens is 2. The number of benzene rings is 1. The van der Waals surface area contributed by atoms with Crippen LogP contribution in [0.5, 0.6) is 5.75 Å². The Balaban J connectivity index is 2.30. The molecule has 2 aromatic rings. The van der Waals surface area contributed by atoms with Gasteiger partial charge in [-0.3, -0.25) is 19.6 Å². The first kappa shape index (κ1) is 15.5. The number of nitro benzene ring substituents is 1. The predicted octanol–water partition coefficient (Wildman–Crippen LogP) is 2.38. The highest BCUT2D eigenvalue weighted by Gasteiger charge is 2.17. The number of nitrogens with zero attached hydrogens (tertiary/aromatic N) is 3. The third-order valence-electron chi connectivity index (χ3n) is 3.08. The lowest BCUT2D eigenvalue weighted by Gasteiger charge is -2.10. The average molecular weight is 304 g/mol. The summed E-state index contributed by atoms with van der Waals surface area (Å²) >= 11 is 0. The molecule has 1 N–H and O–H groups in total. The number of nitrogens with one attached hydrogen (secondary N) is 1. The van der Waals surface area contributed by atoms with Gasteiger partial charge in [0.1, 0.15) is 11.4 Å². The normalized spacial score (nSPS) is 10.3. The van der Waals surface area contributed by atoms with Gasteiger partial charge in [-0.05, 0) is 26.0 Å². The molecule has 0 aliphatic heterocycles. The van der Waals surface area contributed by atoms with Crippen LogP contribution in [0.4, 0.5) is 11.4 Å². The van der Waals surface area contributed by atoms with E-state index in [4.69, 9.17) is 4.74 Å². The number of amides is 1. The van der Waals surface area contributed by atoms with E-state index in [0.717, 1.165) is 5.69 Å². The molecule has 1 amide bonds. The molecule has 22 heavy (non-hydrogen) atoms. The fourth-order valence-electron chi connectivity index (χ4n) is 2.05. The van der Waals surface area contributed by atoms with E-state index in [1.54, 1.807) is 17.7 Å². The van der Waals surface area contributed by atoms with Gasteiger partial charge < -0.3 is 10.1 Å². The fourth-order valence-corrected chi connectivity index (χ4v) is 2.05. The molecule has 1 aromatic carbocycles. The van der Waals surface area contributed by atoms with Crippen molar-refractivity contribution in [3.05, 3.63) is 45.8 Å². The summed E-state index contributed by atoms with van der Waals surface area (Å²) in [5.41, 5.74) is 1.41. The second kappa shape index (κ2) is 6.25. The monoisotopic (exact) mass is 304 g/mol. The maximum atomic E-state index is 12.3. The van der Waals surface area contributed by atoms with E-state index in [-0.39, 0.29) is 17.3 Å². The lowest BCUT2D eigenvalue weighted by Crippen LogP contribution is -2.17. The van der Waals surface area contributed by atoms with Crippen molar-refractivity contribution in [1.82, 2.24) is 9.78 Å². The molecule has 8 nitrogen and oxygen atoms in total. The van der Waals surface area contributed by atoms with Gasteiger partial charge in [-0.2, -0.15) is 5.10 Å². The van der Waals surface area contributed by atoms with Crippen molar-refractivity contribution in [2.75, 3.05) is 12.4 Å². The van der Waals surface area contributed by atoms with Crippen LogP contribution in [-0.4, -0.2) is 27.7 Å². The van der Waals surface area contributed by atoms with Gasteiger partial charge in [-0.25, -0.2) is 0 Å². The van der Waals surface area contributed by atoms with E-state index in [9.17, 15) is 14.9 Å². The molecule has 1 heterocycles. The van der Waals surface area contributed by atoms with Gasteiger partial charge in [-0.15, -0.1) is 0 Å². The first-order chi connectivity index (χ1) is 10.5. The van der Waals surface area contributed by atoms with Crippen LogP contribution in [0.15, 0.2) is 24.3 Å². The van der Waals surface area contributed by atoms with Crippen molar-refractivity contribution in [2.45, 2.75) is 20.4 Å². The van der Waals surface area contributed by atoms with Crippen molar-refractivity contribution in [3.8, 4) is 5.75 Å². The van der Waals surface area contributed by atoms with E-state index < -0.39 is 4.92 Å². The number of nitro groups is 1. The number of carbonyl (C=O) groups excluding carboxylic acids is 1. The molecule has 1 aromatic heterocycles. The highest BCUT2D eigenvalue weighted by Crippen LogP contribution is 2.29. The topological polar surface area (TPSA) is 99.3 Å². The van der Waals surface area contributed by atoms with Gasteiger partial charge in [0.2, 0.25) is 0 Å². The average Bonchev–Trinajstić information content (AvgIpc) is 2.88. The summed E-state index contributed by atoms with van der Waals surface area (Å²) in [6.07, 6.45) is 0. The van der Waals surface area contributed by atoms with Crippen LogP contribution < -0.4 is 10.1 Å². The summed E-state index contributed by atoms with van der Waals surface area (Å²) in [5, 5.41) is 17.7. The smallest absolute Gasteiger partial charge is 0.274 e. The third-order valence-corrected chi connectivity index (χ3v) is 3.08. The lowest BCUT2D eigenvalue weighted by molar-refractivity contribution is -0.384. The number of aryl methyl sites for hydroxylation is 2. The Morgan fingerprint density at radius 2 is 2.18 bits per heavy atom. The summed E-state index contributed by atoms with van der Waals surface area (Å²) in [4.78, 5) is 22.6. The Bertz CT molecular complexity index is 724. The Morgan fingerprint density at radius 3 is 2.77 bits per heavy atom. The molecule has 116 valence electrons. The zero-order chi connectivity index (χ0) is 16.3. The summed E-state index contributed by atoms with van der Waals surface area (Å²) in [5.74, 6) is -0.128. The standard InChI is InChI=1S/C14H16N4O4/c1-4-17-12(7-9(2)16-17)14(19)15-11-6-5-10(18(20)21)8-13(11)22-3/h5-8H,4H2,1-3H3,(H,15,19). The highest BCUT2D eigenvalue weighted by molar-refractivity contribution is 6.04. The zero-order valence-corrected chi connectivity index (χ0v) is 12.5. The molecule has 0 fully saturated rings. The minimum atomic E-state index is -0.524. The van der Waals surface area contributed by atoms with Gasteiger partial charge in [0.25, 0.3) is 11.6 Å². The number of carbonyl (C=O) groups is 1. The molecular weight excluding hydrogens is 288 g/mol. The van der Waals surface area contributed by atoms with Crippen LogP contribution in [-0.2, 0) is 6.54 Å². The number of hydrogen-bond acceptors (Lipinski definition) is 5. The maximum Gasteiger partial charge on any atom is 0.274 e. The van der Waals surface area contributed by atoms with Crippen LogP contribution in [0.25, 0.3) is 0 Å². The largest absolute Gasteiger partial charge is 0.494 e. The predicted molar refractivity (Wildman–Crippen MR) is 80.2 cm³/mol. The van der Waals surface area contributed by atoms with Crippen molar-refractivity contribution in [1.29, 1.82) is 0 Å². The molecular formula is C14H16N4O4. The molecule has 0 aliphatic rings. The van der Waals surface area contributed by atoms with Crippen LogP contribution >= 0.6 is 0 Å². The van der Waals surface area contributed by atoms with Crippen LogP contribution in [0.1, 0.15) is 23.1 Å². The molecule has 0 spiro atoms. The number of hydrogen-bond donors (Lipinski definition) is 1. The number of rotatable bonds is 5. The minimum Gasteiger partial charge on any atom is -0.494 e. The van der Waals surface area contributed by atoms with Crippen LogP contribution in [0, 0.1) is 17.0 Å². The van der Waals surface area contributed by atoms with Crippen molar-refractivity contribution >= 4 is 17.3 Å². The summed E-state index contributed by atoms with van der Waals surface area (Å²) in [7, 11) is 1.38. The van der Waals surface area contributed by atoms with Crippen LogP contribution in [0.2, 0.25) is 0 Å². The molecule has 0 atom stereocenters. The quantitative estimate of drug-likeness (QED) is 0.675. The number of anilines is 1. The van der Waals surface area contributed by atoms with Crippen LogP contribution in [0.3, 0.4) is 0 Å². The number of ether oxygens (including phenoxy) is 1. The molecule has 2 rings (SSSR count). The van der Waals surface area contributed by atoms with Crippen molar-refractivity contribution in [3.63, 3.8) is 0 Å². The molecule has 0 saturated heterocycles. The summed E-state index contributed by atoms with van der Waals surface area (Å²) < 4.78 is 6.68. The Hall–Kier alpha value is -2.90. The minimum absolute atomic E-state index is 0.107. The molecule has 0 saturated carbocycles. The summed E-state index contributed by atoms with van der Waals surface area (Å²) in [6.45, 7) is 4.25. The Morgan fingerprint density at radius 1 is 1.45 bits per heavy atom. The first-order valence-electron chi connectivity index (χ1n) is 6.64. The van der Waals surface area contributed by atoms with Gasteiger partial charge in [-0.1, -0.05) is 0 Å². The highest BCUT2D eigenvalue weighted by atomic mass is 16.6. The Kier molecular flexibility index (Phi) is 4.40. The number of methoxy groups -OCH3 is 1. The van der Waals surface area contributed by atoms with E-state index in [0.29, 0.717) is 17.9 Å². The van der Waals surface area contributed by atoms with Gasteiger partial charge in [0.05, 0.1) is 29.5 Å². The van der Waals surface area contributed by atoms with Gasteiger partial charge in [0.15, 0.2) is 0 Å². The second-order valence-electron chi connectivity index (χ2n) is 4.58. The SMILES string of the molecule is CCn1nc(C)cc1C(=O)Nc1ccc([N+](=O)[O-])cc1OC. The Labute approximate surface area is 126 Å². The van der Waals surface area contributed by atoms with Crippen molar-refractivity contribution in [2.24, 2.45) is 0 Å². The maximum absolute atomic E-state index is 12.3. The van der Waals surface area contributed by atoms with Gasteiger partial charge in [0, 0.05) is 12.6 Å². The fraction of sp³-hybridized carbons (Fsp3) is 0.286. The zero-order valence-electron chi connectivity index (χ0n) is 12.5. The van der Waals surface area contributed by atoms with E-state index in [2.05, 4.69) is 10.4 Å². The third kappa shape index (κ3) is 3.05. The molecule has 0 radical (unpaired) electrons. The van der Waals surface area contributed by atoms with E-state index >= 15 is 0 Å². The van der Waals surface area contributed by atoms with Gasteiger partial charge >= 0.3 is 0 Å². The molecule has 0 aliphatic carbocycles. The lowest BCUT2D eigenvalue weighted by atomic mass is 10.2. The van der Waals surface area contributed by atoms with E-state index in [1.165, 1.54) is 25.3 Å². The molecule has 8 heteroatoms. The van der Waals surface area contributed by atoms with E-state index in [1.807, 2.05) is 6.92 Å².